The van der Waals surface area contributed by atoms with E-state index in [1.165, 1.54) is 73.7 Å². The van der Waals surface area contributed by atoms with Gasteiger partial charge in [0.05, 0.1) is 11.1 Å². The molecule has 2 bridgehead atoms. The van der Waals surface area contributed by atoms with Crippen LogP contribution in [0.25, 0.3) is 0 Å². The fraction of sp³-hybridized carbons (Fsp3) is 0.673. The standard InChI is InChI=1S/C52H80ClN9O16/c1-13-15-37(65)54-26(7)44(68)59-42(29(10)77-51(75)27(8)55-38(66)16-14-2)48(72)60-41-30(11)78-52(76)40(25(5)6)58-46(70)35(23-31-17-19-36(64)32(53)22-31)61(12)50(74)43(28(9)63)62-39(67)20-18-33(49(62)73)56-45(69)34(21-24(3)4)57-47(41)71/h17,19,22,24-30,33-35,39-43,63-64,67H,13-16,18,20-21,23H2,1-12H3,(H,54,65)(H,55,66)(H,56,69)(H,57,71)(H,58,70)(H,59,68)(H,60,72). The van der Waals surface area contributed by atoms with E-state index in [1.807, 2.05) is 0 Å². The molecule has 2 aliphatic rings. The highest BCUT2D eigenvalue weighted by Gasteiger charge is 2.48. The largest absolute Gasteiger partial charge is 0.506 e. The van der Waals surface area contributed by atoms with Gasteiger partial charge in [0.1, 0.15) is 78.6 Å². The number of aliphatic hydroxyl groups excluding tert-OH is 2. The first-order valence-corrected chi connectivity index (χ1v) is 26.8. The lowest BCUT2D eigenvalue weighted by Crippen LogP contribution is -2.67. The Morgan fingerprint density at radius 2 is 1.41 bits per heavy atom. The number of carbonyl (C=O) groups excluding carboxylic acids is 11. The summed E-state index contributed by atoms with van der Waals surface area (Å²) in [6.07, 6.45) is -6.35. The summed E-state index contributed by atoms with van der Waals surface area (Å²) in [5, 5.41) is 50.3. The van der Waals surface area contributed by atoms with Gasteiger partial charge in [0.2, 0.25) is 53.2 Å². The average Bonchev–Trinajstić information content (AvgIpc) is 3.35. The number of hydrogen-bond acceptors (Lipinski definition) is 16. The van der Waals surface area contributed by atoms with Crippen molar-refractivity contribution in [1.29, 1.82) is 0 Å². The number of carbonyl (C=O) groups is 11. The number of esters is 2. The van der Waals surface area contributed by atoms with Crippen LogP contribution in [0.3, 0.4) is 0 Å². The summed E-state index contributed by atoms with van der Waals surface area (Å²) in [5.41, 5.74) is 0.307. The number of benzene rings is 1. The number of piperidine rings is 1. The lowest BCUT2D eigenvalue weighted by Gasteiger charge is -2.43. The number of phenols is 1. The van der Waals surface area contributed by atoms with Crippen molar-refractivity contribution >= 4 is 76.7 Å². The van der Waals surface area contributed by atoms with Gasteiger partial charge in [-0.15, -0.1) is 0 Å². The number of phenolic OH excluding ortho intramolecular Hbond substituents is 1. The second-order valence-corrected chi connectivity index (χ2v) is 21.2. The van der Waals surface area contributed by atoms with Gasteiger partial charge in [-0.3, -0.25) is 43.2 Å². The molecule has 26 heteroatoms. The molecule has 1 aromatic rings. The number of aromatic hydroxyl groups is 1. The van der Waals surface area contributed by atoms with E-state index in [1.54, 1.807) is 27.7 Å². The van der Waals surface area contributed by atoms with Gasteiger partial charge in [-0.05, 0) is 96.3 Å². The summed E-state index contributed by atoms with van der Waals surface area (Å²) in [4.78, 5) is 155. The SMILES string of the molecule is CCCC(=O)NC(C)C(=O)NC(C(=O)NC1C(=O)NC(CC(C)C)C(=O)NC2CCC(O)N(C2=O)C(C(C)O)C(=O)N(C)C(Cc2ccc(O)c(Cl)c2)C(=O)NC(C(C)C)C(=O)OC1C)C(C)OC(=O)C(C)NC(=O)CCC. The first-order valence-electron chi connectivity index (χ1n) is 26.4. The lowest BCUT2D eigenvalue weighted by molar-refractivity contribution is -0.170. The Bertz CT molecular complexity index is 2350. The van der Waals surface area contributed by atoms with Crippen LogP contribution in [0.1, 0.15) is 127 Å². The fourth-order valence-electron chi connectivity index (χ4n) is 8.77. The molecule has 2 saturated heterocycles. The highest BCUT2D eigenvalue weighted by atomic mass is 35.5. The summed E-state index contributed by atoms with van der Waals surface area (Å²) in [7, 11) is 1.20. The van der Waals surface area contributed by atoms with Crippen LogP contribution >= 0.6 is 11.6 Å². The molecule has 9 amide bonds. The Hall–Kier alpha value is -6.60. The van der Waals surface area contributed by atoms with Crippen LogP contribution < -0.4 is 37.2 Å². The number of aliphatic hydroxyl groups is 2. The van der Waals surface area contributed by atoms with Gasteiger partial charge in [-0.2, -0.15) is 0 Å². The molecule has 0 radical (unpaired) electrons. The molecule has 1 aromatic carbocycles. The van der Waals surface area contributed by atoms with Crippen LogP contribution in [-0.2, 0) is 68.6 Å². The van der Waals surface area contributed by atoms with E-state index in [0.717, 1.165) is 4.90 Å². The van der Waals surface area contributed by atoms with Gasteiger partial charge in [-0.1, -0.05) is 59.2 Å². The van der Waals surface area contributed by atoms with Gasteiger partial charge in [0.15, 0.2) is 0 Å². The van der Waals surface area contributed by atoms with Crippen LogP contribution in [-0.4, -0.2) is 176 Å². The van der Waals surface area contributed by atoms with Crippen LogP contribution in [0.5, 0.6) is 5.75 Å². The minimum absolute atomic E-state index is 0.0657. The third-order valence-corrected chi connectivity index (χ3v) is 13.5. The fourth-order valence-corrected chi connectivity index (χ4v) is 8.97. The number of halogens is 1. The van der Waals surface area contributed by atoms with Crippen molar-refractivity contribution in [3.63, 3.8) is 0 Å². The summed E-state index contributed by atoms with van der Waals surface area (Å²) in [6.45, 7) is 16.3. The zero-order valence-electron chi connectivity index (χ0n) is 46.5. The number of hydrogen-bond donors (Lipinski definition) is 10. The molecular formula is C52H80ClN9O16. The molecule has 3 rings (SSSR count). The third-order valence-electron chi connectivity index (χ3n) is 13.2. The van der Waals surface area contributed by atoms with Gasteiger partial charge in [0.25, 0.3) is 0 Å². The molecule has 13 unspecified atom stereocenters. The molecule has 78 heavy (non-hydrogen) atoms. The Morgan fingerprint density at radius 1 is 0.808 bits per heavy atom. The second-order valence-electron chi connectivity index (χ2n) is 20.8. The predicted octanol–water partition coefficient (Wildman–Crippen LogP) is -0.282. The molecule has 10 N–H and O–H groups in total. The molecule has 2 aliphatic heterocycles. The Morgan fingerprint density at radius 3 is 1.96 bits per heavy atom. The van der Waals surface area contributed by atoms with Crippen LogP contribution in [0.15, 0.2) is 18.2 Å². The van der Waals surface area contributed by atoms with Crippen LogP contribution in [0.4, 0.5) is 0 Å². The van der Waals surface area contributed by atoms with Crippen molar-refractivity contribution in [3.05, 3.63) is 28.8 Å². The molecule has 0 aromatic heterocycles. The zero-order valence-corrected chi connectivity index (χ0v) is 47.2. The first-order chi connectivity index (χ1) is 36.4. The van der Waals surface area contributed by atoms with E-state index in [-0.39, 0.29) is 55.2 Å². The normalized spacial score (nSPS) is 24.8. The third kappa shape index (κ3) is 18.2. The van der Waals surface area contributed by atoms with Crippen molar-refractivity contribution in [1.82, 2.24) is 47.0 Å². The molecule has 0 spiro atoms. The molecule has 0 saturated carbocycles. The van der Waals surface area contributed by atoms with E-state index in [4.69, 9.17) is 21.1 Å². The maximum absolute atomic E-state index is 14.8. The number of amides is 9. The highest BCUT2D eigenvalue weighted by molar-refractivity contribution is 6.32. The maximum Gasteiger partial charge on any atom is 0.329 e. The maximum atomic E-state index is 14.8. The number of fused-ring (bicyclic) bond motifs is 2. The van der Waals surface area contributed by atoms with E-state index in [2.05, 4.69) is 37.2 Å². The molecule has 2 fully saturated rings. The van der Waals surface area contributed by atoms with Crippen molar-refractivity contribution in [2.24, 2.45) is 11.8 Å². The topological polar surface area (TPSA) is 358 Å². The van der Waals surface area contributed by atoms with E-state index in [9.17, 15) is 68.1 Å². The van der Waals surface area contributed by atoms with Crippen LogP contribution in [0, 0.1) is 11.8 Å². The van der Waals surface area contributed by atoms with Gasteiger partial charge in [-0.25, -0.2) is 9.59 Å². The lowest BCUT2D eigenvalue weighted by atomic mass is 9.96. The van der Waals surface area contributed by atoms with Gasteiger partial charge >= 0.3 is 11.9 Å². The summed E-state index contributed by atoms with van der Waals surface area (Å²) in [5.74, 6) is -11.7. The number of cyclic esters (lactones) is 1. The first kappa shape index (κ1) is 65.7. The highest BCUT2D eigenvalue weighted by Crippen LogP contribution is 2.27. The molecule has 2 heterocycles. The molecular weight excluding hydrogens is 1040 g/mol. The Labute approximate surface area is 459 Å². The minimum Gasteiger partial charge on any atom is -0.506 e. The van der Waals surface area contributed by atoms with Gasteiger partial charge < -0.3 is 71.8 Å². The number of ether oxygens (including phenoxy) is 2. The van der Waals surface area contributed by atoms with Crippen molar-refractivity contribution in [2.75, 3.05) is 7.05 Å². The molecule has 25 nitrogen and oxygen atoms in total. The Kier molecular flexibility index (Phi) is 25.2. The average molecular weight is 1120 g/mol. The minimum atomic E-state index is -1.96. The van der Waals surface area contributed by atoms with E-state index < -0.39 is 150 Å². The second kappa shape index (κ2) is 30.0. The Balaban J connectivity index is 2.26. The number of nitrogens with zero attached hydrogens (tertiary/aromatic N) is 2. The van der Waals surface area contributed by atoms with Crippen LogP contribution in [0.2, 0.25) is 5.02 Å². The van der Waals surface area contributed by atoms with E-state index >= 15 is 0 Å². The predicted molar refractivity (Wildman–Crippen MR) is 281 cm³/mol. The van der Waals surface area contributed by atoms with E-state index in [0.29, 0.717) is 23.3 Å². The summed E-state index contributed by atoms with van der Waals surface area (Å²) >= 11 is 6.23. The van der Waals surface area contributed by atoms with Crippen molar-refractivity contribution in [3.8, 4) is 5.75 Å². The van der Waals surface area contributed by atoms with Gasteiger partial charge in [0, 0.05) is 26.3 Å². The number of likely N-dealkylation sites (N-methyl/N-ethyl adjacent to an activating group) is 1. The van der Waals surface area contributed by atoms with Crippen molar-refractivity contribution < 1.29 is 77.5 Å². The number of nitrogens with one attached hydrogen (secondary N) is 7. The number of rotatable bonds is 19. The smallest absolute Gasteiger partial charge is 0.329 e. The van der Waals surface area contributed by atoms with Crippen molar-refractivity contribution in [2.45, 2.75) is 206 Å². The molecule has 0 aliphatic carbocycles. The summed E-state index contributed by atoms with van der Waals surface area (Å²) in [6, 6.07) is -10.2. The zero-order chi connectivity index (χ0) is 59.0. The summed E-state index contributed by atoms with van der Waals surface area (Å²) < 4.78 is 11.5. The quantitative estimate of drug-likeness (QED) is 0.0797. The monoisotopic (exact) mass is 1120 g/mol. The molecule has 13 atom stereocenters. The molecule has 436 valence electrons.